The van der Waals surface area contributed by atoms with Crippen LogP contribution in [0.5, 0.6) is 0 Å². The number of alkyl halides is 5. The highest BCUT2D eigenvalue weighted by Gasteiger charge is 2.38. The lowest BCUT2D eigenvalue weighted by Crippen LogP contribution is -2.15. The normalized spacial score (nSPS) is 11.6. The van der Waals surface area contributed by atoms with E-state index in [1.807, 2.05) is 0 Å². The topological polar surface area (TPSA) is 36.7 Å². The van der Waals surface area contributed by atoms with Gasteiger partial charge in [0.1, 0.15) is 5.69 Å². The monoisotopic (exact) mass is 254 g/mol. The summed E-state index contributed by atoms with van der Waals surface area (Å²) < 4.78 is 75.1. The predicted molar refractivity (Wildman–Crippen MR) is 43.5 cm³/mol. The van der Waals surface area contributed by atoms with Crippen LogP contribution in [0.2, 0.25) is 0 Å². The SMILES string of the molecule is N#CCc1c(C(F)(F)F)ncc(F)c1C(F)F. The number of pyridine rings is 1. The maximum absolute atomic E-state index is 13.0. The van der Waals surface area contributed by atoms with Crippen molar-refractivity contribution < 1.29 is 26.3 Å². The van der Waals surface area contributed by atoms with Gasteiger partial charge in [0.05, 0.1) is 24.3 Å². The van der Waals surface area contributed by atoms with Crippen LogP contribution in [0.1, 0.15) is 23.2 Å². The van der Waals surface area contributed by atoms with Gasteiger partial charge in [0.2, 0.25) is 0 Å². The Morgan fingerprint density at radius 1 is 1.35 bits per heavy atom. The molecule has 1 aromatic heterocycles. The van der Waals surface area contributed by atoms with Crippen LogP contribution in [0, 0.1) is 17.1 Å². The van der Waals surface area contributed by atoms with Gasteiger partial charge in [0.25, 0.3) is 6.43 Å². The van der Waals surface area contributed by atoms with Crippen LogP contribution in [-0.4, -0.2) is 4.98 Å². The smallest absolute Gasteiger partial charge is 0.248 e. The molecule has 0 radical (unpaired) electrons. The van der Waals surface area contributed by atoms with Crippen molar-refractivity contribution in [2.75, 3.05) is 0 Å². The van der Waals surface area contributed by atoms with E-state index in [1.165, 1.54) is 6.07 Å². The Hall–Kier alpha value is -1.78. The van der Waals surface area contributed by atoms with E-state index in [2.05, 4.69) is 4.98 Å². The Kier molecular flexibility index (Phi) is 3.60. The Labute approximate surface area is 91.5 Å². The molecule has 0 aliphatic rings. The van der Waals surface area contributed by atoms with E-state index in [-0.39, 0.29) is 6.20 Å². The summed E-state index contributed by atoms with van der Waals surface area (Å²) in [5.41, 5.74) is -4.19. The van der Waals surface area contributed by atoms with Crippen LogP contribution in [0.15, 0.2) is 6.20 Å². The molecule has 1 heterocycles. The lowest BCUT2D eigenvalue weighted by Gasteiger charge is -2.14. The lowest BCUT2D eigenvalue weighted by molar-refractivity contribution is -0.141. The lowest BCUT2D eigenvalue weighted by atomic mass is 10.0. The van der Waals surface area contributed by atoms with Crippen molar-refractivity contribution in [1.82, 2.24) is 4.98 Å². The van der Waals surface area contributed by atoms with Gasteiger partial charge < -0.3 is 0 Å². The standard InChI is InChI=1S/C9H4F6N2/c10-5-3-17-7(9(13,14)15)4(1-2-16)6(5)8(11)12/h3,8H,1H2. The molecule has 0 fully saturated rings. The molecule has 0 aliphatic carbocycles. The molecule has 0 spiro atoms. The summed E-state index contributed by atoms with van der Waals surface area (Å²) in [6, 6.07) is 1.28. The van der Waals surface area contributed by atoms with Crippen molar-refractivity contribution in [2.24, 2.45) is 0 Å². The van der Waals surface area contributed by atoms with E-state index in [9.17, 15) is 26.3 Å². The summed E-state index contributed by atoms with van der Waals surface area (Å²) in [5.74, 6) is -1.56. The Morgan fingerprint density at radius 2 is 1.94 bits per heavy atom. The van der Waals surface area contributed by atoms with E-state index in [0.717, 1.165) is 0 Å². The zero-order chi connectivity index (χ0) is 13.2. The second-order valence-electron chi connectivity index (χ2n) is 2.98. The van der Waals surface area contributed by atoms with Crippen LogP contribution in [0.3, 0.4) is 0 Å². The van der Waals surface area contributed by atoms with Crippen LogP contribution >= 0.6 is 0 Å². The minimum absolute atomic E-state index is 0.0746. The zero-order valence-electron chi connectivity index (χ0n) is 8.02. The maximum atomic E-state index is 13.0. The quantitative estimate of drug-likeness (QED) is 0.759. The summed E-state index contributed by atoms with van der Waals surface area (Å²) in [6.45, 7) is 0. The molecule has 1 aromatic rings. The molecule has 0 N–H and O–H groups in total. The summed E-state index contributed by atoms with van der Waals surface area (Å²) in [4.78, 5) is 2.73. The van der Waals surface area contributed by atoms with Crippen molar-refractivity contribution in [3.8, 4) is 6.07 Å². The van der Waals surface area contributed by atoms with E-state index in [4.69, 9.17) is 5.26 Å². The molecule has 2 nitrogen and oxygen atoms in total. The van der Waals surface area contributed by atoms with Crippen molar-refractivity contribution in [2.45, 2.75) is 19.0 Å². The molecule has 1 rings (SSSR count). The molecule has 17 heavy (non-hydrogen) atoms. The highest BCUT2D eigenvalue weighted by atomic mass is 19.4. The summed E-state index contributed by atoms with van der Waals surface area (Å²) >= 11 is 0. The van der Waals surface area contributed by atoms with Crippen LogP contribution < -0.4 is 0 Å². The maximum Gasteiger partial charge on any atom is 0.433 e. The average molecular weight is 254 g/mol. The molecular weight excluding hydrogens is 250 g/mol. The molecule has 0 amide bonds. The molecule has 0 atom stereocenters. The van der Waals surface area contributed by atoms with Gasteiger partial charge in [-0.15, -0.1) is 0 Å². The van der Waals surface area contributed by atoms with Gasteiger partial charge in [0, 0.05) is 5.56 Å². The fourth-order valence-electron chi connectivity index (χ4n) is 1.28. The van der Waals surface area contributed by atoms with Crippen molar-refractivity contribution in [3.63, 3.8) is 0 Å². The fraction of sp³-hybridized carbons (Fsp3) is 0.333. The van der Waals surface area contributed by atoms with Crippen molar-refractivity contribution >= 4 is 0 Å². The third-order valence-electron chi connectivity index (χ3n) is 1.92. The Morgan fingerprint density at radius 3 is 2.35 bits per heavy atom. The number of halogens is 6. The van der Waals surface area contributed by atoms with E-state index >= 15 is 0 Å². The molecule has 0 unspecified atom stereocenters. The largest absolute Gasteiger partial charge is 0.433 e. The first-order chi connectivity index (χ1) is 7.79. The molecule has 0 aliphatic heterocycles. The first kappa shape index (κ1) is 13.3. The van der Waals surface area contributed by atoms with Gasteiger partial charge in [0.15, 0.2) is 5.82 Å². The van der Waals surface area contributed by atoms with Crippen molar-refractivity contribution in [1.29, 1.82) is 5.26 Å². The van der Waals surface area contributed by atoms with E-state index in [0.29, 0.717) is 0 Å². The number of hydrogen-bond donors (Lipinski definition) is 0. The van der Waals surface area contributed by atoms with Gasteiger partial charge in [-0.2, -0.15) is 18.4 Å². The molecule has 92 valence electrons. The third kappa shape index (κ3) is 2.67. The number of hydrogen-bond acceptors (Lipinski definition) is 2. The van der Waals surface area contributed by atoms with Gasteiger partial charge in [-0.1, -0.05) is 0 Å². The summed E-state index contributed by atoms with van der Waals surface area (Å²) in [6.07, 6.45) is -9.36. The number of aromatic nitrogens is 1. The molecule has 0 saturated heterocycles. The molecular formula is C9H4F6N2. The van der Waals surface area contributed by atoms with Gasteiger partial charge in [-0.3, -0.25) is 0 Å². The van der Waals surface area contributed by atoms with Crippen LogP contribution in [0.25, 0.3) is 0 Å². The number of nitriles is 1. The predicted octanol–water partition coefficient (Wildman–Crippen LogP) is 3.24. The zero-order valence-corrected chi connectivity index (χ0v) is 8.02. The third-order valence-corrected chi connectivity index (χ3v) is 1.92. The second-order valence-corrected chi connectivity index (χ2v) is 2.98. The summed E-state index contributed by atoms with van der Waals surface area (Å²) in [7, 11) is 0. The summed E-state index contributed by atoms with van der Waals surface area (Å²) in [5, 5.41) is 8.29. The average Bonchev–Trinajstić information content (AvgIpc) is 2.15. The van der Waals surface area contributed by atoms with E-state index < -0.39 is 41.7 Å². The number of rotatable bonds is 2. The number of nitrogens with zero attached hydrogens (tertiary/aromatic N) is 2. The first-order valence-electron chi connectivity index (χ1n) is 4.18. The molecule has 8 heteroatoms. The molecule has 0 aromatic carbocycles. The van der Waals surface area contributed by atoms with Gasteiger partial charge in [-0.05, 0) is 0 Å². The van der Waals surface area contributed by atoms with Crippen LogP contribution in [-0.2, 0) is 12.6 Å². The minimum atomic E-state index is -5.01. The van der Waals surface area contributed by atoms with E-state index in [1.54, 1.807) is 0 Å². The minimum Gasteiger partial charge on any atom is -0.248 e. The second kappa shape index (κ2) is 4.61. The Balaban J connectivity index is 3.54. The highest BCUT2D eigenvalue weighted by Crippen LogP contribution is 2.35. The Bertz CT molecular complexity index is 460. The van der Waals surface area contributed by atoms with Gasteiger partial charge >= 0.3 is 6.18 Å². The molecule has 0 saturated carbocycles. The van der Waals surface area contributed by atoms with Gasteiger partial charge in [-0.25, -0.2) is 18.2 Å². The first-order valence-corrected chi connectivity index (χ1v) is 4.18. The molecule has 0 bridgehead atoms. The fourth-order valence-corrected chi connectivity index (χ4v) is 1.28. The van der Waals surface area contributed by atoms with Crippen LogP contribution in [0.4, 0.5) is 26.3 Å². The van der Waals surface area contributed by atoms with Crippen molar-refractivity contribution in [3.05, 3.63) is 28.8 Å². The highest BCUT2D eigenvalue weighted by molar-refractivity contribution is 5.36.